The van der Waals surface area contributed by atoms with Gasteiger partial charge < -0.3 is 19.9 Å². The summed E-state index contributed by atoms with van der Waals surface area (Å²) >= 11 is 0. The summed E-state index contributed by atoms with van der Waals surface area (Å²) < 4.78 is 40.5. The number of nitrogens with zero attached hydrogens (tertiary/aromatic N) is 10. The van der Waals surface area contributed by atoms with Crippen LogP contribution in [-0.4, -0.2) is 127 Å². The van der Waals surface area contributed by atoms with Crippen LogP contribution < -0.4 is 21.2 Å². The van der Waals surface area contributed by atoms with Crippen molar-refractivity contribution in [2.24, 2.45) is 18.4 Å². The van der Waals surface area contributed by atoms with Gasteiger partial charge in [-0.1, -0.05) is 17.9 Å². The zero-order valence-electron chi connectivity index (χ0n) is 35.8. The molecule has 5 aliphatic rings. The maximum Gasteiger partial charge on any atom is 0.329 e. The topological polar surface area (TPSA) is 169 Å². The summed E-state index contributed by atoms with van der Waals surface area (Å²) in [6.45, 7) is 8.32. The van der Waals surface area contributed by atoms with E-state index in [0.29, 0.717) is 34.7 Å². The highest BCUT2D eigenvalue weighted by molar-refractivity contribution is 6.08. The van der Waals surface area contributed by atoms with E-state index in [1.807, 2.05) is 24.3 Å². The van der Waals surface area contributed by atoms with E-state index in [4.69, 9.17) is 9.72 Å². The normalized spacial score (nSPS) is 24.6. The van der Waals surface area contributed by atoms with Crippen molar-refractivity contribution in [1.82, 2.24) is 48.6 Å². The van der Waals surface area contributed by atoms with Crippen LogP contribution in [0.25, 0.3) is 16.7 Å². The number of aryl methyl sites for hydroxylation is 1. The maximum absolute atomic E-state index is 14.3. The number of amides is 3. The van der Waals surface area contributed by atoms with Gasteiger partial charge in [0.1, 0.15) is 17.4 Å². The van der Waals surface area contributed by atoms with Gasteiger partial charge in [0.2, 0.25) is 11.8 Å². The molecular weight excluding hydrogens is 827 g/mol. The van der Waals surface area contributed by atoms with Gasteiger partial charge in [0.25, 0.3) is 12.3 Å². The quantitative estimate of drug-likeness (QED) is 0.163. The third-order valence-electron chi connectivity index (χ3n) is 14.1. The van der Waals surface area contributed by atoms with Crippen molar-refractivity contribution in [3.63, 3.8) is 0 Å². The number of piperazine rings is 1. The maximum atomic E-state index is 14.3. The van der Waals surface area contributed by atoms with E-state index in [9.17, 15) is 28.0 Å². The van der Waals surface area contributed by atoms with Gasteiger partial charge >= 0.3 is 5.69 Å². The van der Waals surface area contributed by atoms with Crippen molar-refractivity contribution in [3.8, 4) is 11.8 Å². The minimum Gasteiger partial charge on any atom is -0.381 e. The highest BCUT2D eigenvalue weighted by Crippen LogP contribution is 2.40. The number of benzene rings is 1. The molecule has 0 bridgehead atoms. The first-order valence-corrected chi connectivity index (χ1v) is 22.4. The van der Waals surface area contributed by atoms with Crippen molar-refractivity contribution in [3.05, 3.63) is 70.2 Å². The van der Waals surface area contributed by atoms with E-state index in [-0.39, 0.29) is 47.1 Å². The molecule has 2 unspecified atom stereocenters. The first-order valence-electron chi connectivity index (χ1n) is 22.4. The Morgan fingerprint density at radius 3 is 2.61 bits per heavy atom. The molecule has 17 nitrogen and oxygen atoms in total. The van der Waals surface area contributed by atoms with Crippen LogP contribution >= 0.6 is 0 Å². The van der Waals surface area contributed by atoms with Crippen LogP contribution in [0.3, 0.4) is 0 Å². The Labute approximate surface area is 367 Å². The average Bonchev–Trinajstić information content (AvgIpc) is 4.15. The van der Waals surface area contributed by atoms with Gasteiger partial charge in [-0.2, -0.15) is 10.2 Å². The Morgan fingerprint density at radius 1 is 1.03 bits per heavy atom. The lowest BCUT2D eigenvalue weighted by Crippen LogP contribution is -2.48. The minimum atomic E-state index is -2.86. The molecule has 5 fully saturated rings. The largest absolute Gasteiger partial charge is 0.381 e. The number of piperidine rings is 1. The molecule has 10 rings (SSSR count). The highest BCUT2D eigenvalue weighted by Gasteiger charge is 2.42. The number of rotatable bonds is 9. The summed E-state index contributed by atoms with van der Waals surface area (Å²) in [7, 11) is 1.68. The summed E-state index contributed by atoms with van der Waals surface area (Å²) in [6, 6.07) is 6.61. The molecule has 336 valence electrons. The van der Waals surface area contributed by atoms with Gasteiger partial charge in [0.15, 0.2) is 11.3 Å². The molecule has 4 saturated heterocycles. The molecule has 2 N–H and O–H groups in total. The molecule has 1 aromatic carbocycles. The summed E-state index contributed by atoms with van der Waals surface area (Å²) in [5, 5.41) is 13.7. The van der Waals surface area contributed by atoms with Gasteiger partial charge in [0.05, 0.1) is 47.7 Å². The van der Waals surface area contributed by atoms with Crippen molar-refractivity contribution in [1.29, 1.82) is 0 Å². The second-order valence-corrected chi connectivity index (χ2v) is 18.2. The number of para-hydroxylation sites is 1. The number of hydrogen-bond acceptors (Lipinski definition) is 11. The third kappa shape index (κ3) is 8.07. The lowest BCUT2D eigenvalue weighted by Gasteiger charge is -2.37. The summed E-state index contributed by atoms with van der Waals surface area (Å²) in [5.41, 5.74) is 1.91. The van der Waals surface area contributed by atoms with Crippen molar-refractivity contribution >= 4 is 45.9 Å². The lowest BCUT2D eigenvalue weighted by atomic mass is 9.85. The van der Waals surface area contributed by atoms with Crippen LogP contribution in [0.1, 0.15) is 91.5 Å². The number of halogens is 2. The number of ether oxygens (including phenoxy) is 1. The van der Waals surface area contributed by atoms with E-state index >= 15 is 0 Å². The van der Waals surface area contributed by atoms with E-state index < -0.39 is 30.0 Å². The SMILES string of the molecule is Cn1c(=O)n(C2CCC(=O)NC2=O)c2cccc(C#CCN3CCN(CC4CCC(n5cc(NC(=O)c6cnn7ccc(N8CCC9(CCOC9)C8)nc67)c(C(F)F)n5)CC4)CC3)c21. The van der Waals surface area contributed by atoms with Gasteiger partial charge in [-0.25, -0.2) is 23.1 Å². The van der Waals surface area contributed by atoms with Crippen LogP contribution in [0.5, 0.6) is 0 Å². The Kier molecular flexibility index (Phi) is 11.3. The van der Waals surface area contributed by atoms with E-state index in [2.05, 4.69) is 47.4 Å². The van der Waals surface area contributed by atoms with Crippen LogP contribution in [0.15, 0.2) is 47.7 Å². The molecule has 3 amide bonds. The van der Waals surface area contributed by atoms with Crippen LogP contribution in [-0.2, 0) is 21.4 Å². The van der Waals surface area contributed by atoms with Crippen molar-refractivity contribution in [2.45, 2.75) is 69.9 Å². The molecule has 8 heterocycles. The molecule has 64 heavy (non-hydrogen) atoms. The first kappa shape index (κ1) is 42.0. The summed E-state index contributed by atoms with van der Waals surface area (Å²) in [6.07, 6.45) is 7.87. The predicted molar refractivity (Wildman–Crippen MR) is 232 cm³/mol. The monoisotopic (exact) mass is 878 g/mol. The van der Waals surface area contributed by atoms with Gasteiger partial charge in [-0.05, 0) is 69.1 Å². The lowest BCUT2D eigenvalue weighted by molar-refractivity contribution is -0.135. The fourth-order valence-corrected chi connectivity index (χ4v) is 10.4. The number of imidazole rings is 1. The summed E-state index contributed by atoms with van der Waals surface area (Å²) in [4.78, 5) is 63.1. The van der Waals surface area contributed by atoms with Crippen molar-refractivity contribution in [2.75, 3.05) is 75.8 Å². The van der Waals surface area contributed by atoms with Crippen LogP contribution in [0.4, 0.5) is 20.3 Å². The molecule has 2 atom stereocenters. The van der Waals surface area contributed by atoms with Crippen molar-refractivity contribution < 1.29 is 27.9 Å². The van der Waals surface area contributed by atoms with Crippen LogP contribution in [0, 0.1) is 23.2 Å². The molecule has 1 saturated carbocycles. The first-order chi connectivity index (χ1) is 31.0. The number of alkyl halides is 2. The predicted octanol–water partition coefficient (Wildman–Crippen LogP) is 3.76. The zero-order chi connectivity index (χ0) is 44.1. The summed E-state index contributed by atoms with van der Waals surface area (Å²) in [5.74, 6) is 6.44. The second kappa shape index (κ2) is 17.2. The molecular formula is C45H52F2N12O5. The van der Waals surface area contributed by atoms with Gasteiger partial charge in [-0.3, -0.25) is 38.4 Å². The second-order valence-electron chi connectivity index (χ2n) is 18.2. The van der Waals surface area contributed by atoms with Gasteiger partial charge in [0, 0.05) is 83.7 Å². The number of nitrogens with one attached hydrogen (secondary N) is 2. The van der Waals surface area contributed by atoms with E-state index in [1.165, 1.54) is 19.8 Å². The molecule has 0 radical (unpaired) electrons. The average molecular weight is 879 g/mol. The standard InChI is InChI=1S/C45H52F2N12O5/c1-53-39-30(4-2-6-34(39)59(44(53)63)35-11-12-37(60)51-43(35)62)5-3-16-54-19-21-55(22-20-54)25-29-7-9-31(10-8-29)58-26-33(38(52-58)40(46)47)49-42(61)32-24-48-57-17-13-36(50-41(32)57)56-18-14-45(27-56)15-23-64-28-45/h2,4,6,13,17,24,26,29,31,35,40H,7-12,14-16,18-23,25,27-28H2,1H3,(H,49,61)(H,51,60,62). The minimum absolute atomic E-state index is 0.00514. The number of aromatic nitrogens is 7. The fourth-order valence-electron chi connectivity index (χ4n) is 10.4. The number of hydrogen-bond donors (Lipinski definition) is 2. The highest BCUT2D eigenvalue weighted by atomic mass is 19.3. The Balaban J connectivity index is 0.716. The Hall–Kier alpha value is -5.97. The molecule has 19 heteroatoms. The van der Waals surface area contributed by atoms with Crippen LogP contribution in [0.2, 0.25) is 0 Å². The number of carbonyl (C=O) groups is 3. The Bertz CT molecular complexity index is 2720. The fraction of sp³-hybridized carbons (Fsp3) is 0.533. The number of fused-ring (bicyclic) bond motifs is 2. The van der Waals surface area contributed by atoms with Gasteiger partial charge in [-0.15, -0.1) is 0 Å². The van der Waals surface area contributed by atoms with E-state index in [1.54, 1.807) is 24.1 Å². The smallest absolute Gasteiger partial charge is 0.329 e. The molecule has 1 spiro atoms. The molecule has 1 aliphatic carbocycles. The number of anilines is 2. The third-order valence-corrected chi connectivity index (χ3v) is 14.1. The number of carbonyl (C=O) groups excluding carboxylic acids is 3. The molecule has 4 aliphatic heterocycles. The number of imide groups is 1. The molecule has 5 aromatic rings. The Morgan fingerprint density at radius 2 is 1.84 bits per heavy atom. The molecule has 4 aromatic heterocycles. The zero-order valence-corrected chi connectivity index (χ0v) is 35.8. The van der Waals surface area contributed by atoms with E-state index in [0.717, 1.165) is 103 Å².